The van der Waals surface area contributed by atoms with Gasteiger partial charge in [0, 0.05) is 48.6 Å². The van der Waals surface area contributed by atoms with Gasteiger partial charge in [-0.1, -0.05) is 19.1 Å². The lowest BCUT2D eigenvalue weighted by Crippen LogP contribution is -2.49. The molecule has 188 valence electrons. The molecule has 2 aliphatic heterocycles. The lowest BCUT2D eigenvalue weighted by molar-refractivity contribution is -0.137. The first kappa shape index (κ1) is 23.9. The number of aryl methyl sites for hydroxylation is 1. The van der Waals surface area contributed by atoms with Crippen molar-refractivity contribution in [1.29, 1.82) is 0 Å². The maximum absolute atomic E-state index is 13.2. The van der Waals surface area contributed by atoms with E-state index in [4.69, 9.17) is 14.5 Å². The van der Waals surface area contributed by atoms with Gasteiger partial charge in [-0.15, -0.1) is 0 Å². The van der Waals surface area contributed by atoms with Crippen LogP contribution in [-0.4, -0.2) is 53.7 Å². The number of rotatable bonds is 4. The number of benzene rings is 2. The number of piperazine rings is 1. The molecule has 3 aromatic rings. The molecule has 0 aliphatic carbocycles. The standard InChI is InChI=1S/C26H25F3N4O3/c1-3-20-16(2)30-23(17-5-4-6-19(13-17)26(27,28)29)31-24(20)32-9-11-33(12-10-32)25(34)18-7-8-21-22(14-18)36-15-35-21/h4-8,13-14H,3,9-12,15H2,1-2H3. The molecule has 1 aromatic heterocycles. The largest absolute Gasteiger partial charge is 0.454 e. The van der Waals surface area contributed by atoms with Crippen molar-refractivity contribution >= 4 is 11.7 Å². The number of amides is 1. The van der Waals surface area contributed by atoms with Crippen LogP contribution in [-0.2, 0) is 12.6 Å². The number of carbonyl (C=O) groups excluding carboxylic acids is 1. The molecule has 10 heteroatoms. The van der Waals surface area contributed by atoms with Gasteiger partial charge in [0.05, 0.1) is 5.56 Å². The van der Waals surface area contributed by atoms with Crippen molar-refractivity contribution in [2.24, 2.45) is 0 Å². The van der Waals surface area contributed by atoms with E-state index in [1.54, 1.807) is 29.2 Å². The van der Waals surface area contributed by atoms with E-state index in [0.717, 1.165) is 23.4 Å². The Labute approximate surface area is 206 Å². The van der Waals surface area contributed by atoms with Gasteiger partial charge in [0.25, 0.3) is 5.91 Å². The van der Waals surface area contributed by atoms with E-state index in [1.807, 2.05) is 13.8 Å². The summed E-state index contributed by atoms with van der Waals surface area (Å²) in [5.41, 5.74) is 1.79. The highest BCUT2D eigenvalue weighted by Gasteiger charge is 2.31. The molecule has 36 heavy (non-hydrogen) atoms. The van der Waals surface area contributed by atoms with E-state index in [9.17, 15) is 18.0 Å². The minimum absolute atomic E-state index is 0.0906. The van der Waals surface area contributed by atoms with Crippen LogP contribution in [0.25, 0.3) is 11.4 Å². The summed E-state index contributed by atoms with van der Waals surface area (Å²) in [5.74, 6) is 2.05. The number of ether oxygens (including phenoxy) is 2. The molecule has 0 N–H and O–H groups in total. The van der Waals surface area contributed by atoms with Gasteiger partial charge in [-0.3, -0.25) is 4.79 Å². The first-order chi connectivity index (χ1) is 17.2. The number of alkyl halides is 3. The predicted molar refractivity (Wildman–Crippen MR) is 127 cm³/mol. The maximum Gasteiger partial charge on any atom is 0.416 e. The minimum atomic E-state index is -4.45. The number of aromatic nitrogens is 2. The van der Waals surface area contributed by atoms with Crippen molar-refractivity contribution in [3.63, 3.8) is 0 Å². The van der Waals surface area contributed by atoms with E-state index in [1.165, 1.54) is 6.07 Å². The lowest BCUT2D eigenvalue weighted by Gasteiger charge is -2.36. The normalized spacial score (nSPS) is 15.4. The molecule has 0 atom stereocenters. The molecule has 0 saturated carbocycles. The van der Waals surface area contributed by atoms with Crippen molar-refractivity contribution in [2.75, 3.05) is 37.9 Å². The van der Waals surface area contributed by atoms with Gasteiger partial charge in [-0.05, 0) is 43.7 Å². The van der Waals surface area contributed by atoms with Gasteiger partial charge in [0.1, 0.15) is 5.82 Å². The Hall–Kier alpha value is -3.82. The van der Waals surface area contributed by atoms with Crippen LogP contribution in [0.4, 0.5) is 19.0 Å². The summed E-state index contributed by atoms with van der Waals surface area (Å²) in [5, 5.41) is 0. The number of nitrogens with zero attached hydrogens (tertiary/aromatic N) is 4. The third-order valence-corrected chi connectivity index (χ3v) is 6.48. The number of anilines is 1. The van der Waals surface area contributed by atoms with E-state index >= 15 is 0 Å². The molecule has 0 bridgehead atoms. The number of fused-ring (bicyclic) bond motifs is 1. The topological polar surface area (TPSA) is 67.8 Å². The zero-order valence-electron chi connectivity index (χ0n) is 19.9. The average molecular weight is 499 g/mol. The van der Waals surface area contributed by atoms with Gasteiger partial charge < -0.3 is 19.3 Å². The van der Waals surface area contributed by atoms with Gasteiger partial charge in [0.2, 0.25) is 6.79 Å². The highest BCUT2D eigenvalue weighted by Crippen LogP contribution is 2.34. The van der Waals surface area contributed by atoms with Crippen molar-refractivity contribution in [1.82, 2.24) is 14.9 Å². The molecule has 0 spiro atoms. The van der Waals surface area contributed by atoms with Gasteiger partial charge in [-0.25, -0.2) is 9.97 Å². The second kappa shape index (κ2) is 9.33. The molecule has 1 fully saturated rings. The summed E-state index contributed by atoms with van der Waals surface area (Å²) in [7, 11) is 0. The van der Waals surface area contributed by atoms with E-state index in [-0.39, 0.29) is 18.5 Å². The number of carbonyl (C=O) groups is 1. The van der Waals surface area contributed by atoms with Crippen LogP contribution in [0, 0.1) is 6.92 Å². The van der Waals surface area contributed by atoms with Crippen LogP contribution in [0.3, 0.4) is 0 Å². The average Bonchev–Trinajstić information content (AvgIpc) is 3.35. The molecular formula is C26H25F3N4O3. The Morgan fingerprint density at radius 3 is 2.47 bits per heavy atom. The van der Waals surface area contributed by atoms with Crippen LogP contribution < -0.4 is 14.4 Å². The van der Waals surface area contributed by atoms with Crippen molar-refractivity contribution in [3.05, 3.63) is 64.8 Å². The Morgan fingerprint density at radius 1 is 1.00 bits per heavy atom. The van der Waals surface area contributed by atoms with Gasteiger partial charge in [0.15, 0.2) is 17.3 Å². The molecular weight excluding hydrogens is 473 g/mol. The fraction of sp³-hybridized carbons (Fsp3) is 0.346. The monoisotopic (exact) mass is 498 g/mol. The molecule has 0 unspecified atom stereocenters. The maximum atomic E-state index is 13.2. The van der Waals surface area contributed by atoms with Gasteiger partial charge in [-0.2, -0.15) is 13.2 Å². The summed E-state index contributed by atoms with van der Waals surface area (Å²) in [6, 6.07) is 10.2. The molecule has 2 aromatic carbocycles. The summed E-state index contributed by atoms with van der Waals surface area (Å²) < 4.78 is 50.4. The number of hydrogen-bond acceptors (Lipinski definition) is 6. The molecule has 7 nitrogen and oxygen atoms in total. The Kier molecular flexibility index (Phi) is 6.19. The summed E-state index contributed by atoms with van der Waals surface area (Å²) in [4.78, 5) is 26.1. The Bertz CT molecular complexity index is 1300. The second-order valence-corrected chi connectivity index (χ2v) is 8.71. The summed E-state index contributed by atoms with van der Waals surface area (Å²) in [6.07, 6.45) is -3.77. The number of hydrogen-bond donors (Lipinski definition) is 0. The molecule has 0 radical (unpaired) electrons. The van der Waals surface area contributed by atoms with Crippen LogP contribution >= 0.6 is 0 Å². The van der Waals surface area contributed by atoms with E-state index < -0.39 is 11.7 Å². The lowest BCUT2D eigenvalue weighted by atomic mass is 10.1. The van der Waals surface area contributed by atoms with Crippen molar-refractivity contribution < 1.29 is 27.4 Å². The highest BCUT2D eigenvalue weighted by atomic mass is 19.4. The third kappa shape index (κ3) is 4.55. The minimum Gasteiger partial charge on any atom is -0.454 e. The Morgan fingerprint density at radius 2 is 1.75 bits per heavy atom. The smallest absolute Gasteiger partial charge is 0.416 e. The molecule has 1 amide bonds. The summed E-state index contributed by atoms with van der Waals surface area (Å²) in [6.45, 7) is 6.05. The first-order valence-corrected chi connectivity index (χ1v) is 11.7. The third-order valence-electron chi connectivity index (χ3n) is 6.48. The quantitative estimate of drug-likeness (QED) is 0.519. The predicted octanol–water partition coefficient (Wildman–Crippen LogP) is 4.72. The second-order valence-electron chi connectivity index (χ2n) is 8.71. The SMILES string of the molecule is CCc1c(C)nc(-c2cccc(C(F)(F)F)c2)nc1N1CCN(C(=O)c2ccc3c(c2)OCO3)CC1. The highest BCUT2D eigenvalue weighted by molar-refractivity contribution is 5.95. The van der Waals surface area contributed by atoms with Gasteiger partial charge >= 0.3 is 6.18 Å². The van der Waals surface area contributed by atoms with Crippen LogP contribution in [0.15, 0.2) is 42.5 Å². The molecule has 3 heterocycles. The zero-order chi connectivity index (χ0) is 25.4. The summed E-state index contributed by atoms with van der Waals surface area (Å²) >= 11 is 0. The zero-order valence-corrected chi connectivity index (χ0v) is 19.9. The van der Waals surface area contributed by atoms with Crippen molar-refractivity contribution in [2.45, 2.75) is 26.4 Å². The van der Waals surface area contributed by atoms with E-state index in [0.29, 0.717) is 61.0 Å². The number of halogens is 3. The van der Waals surface area contributed by atoms with Crippen LogP contribution in [0.5, 0.6) is 11.5 Å². The molecule has 2 aliphatic rings. The Balaban J connectivity index is 1.37. The fourth-order valence-corrected chi connectivity index (χ4v) is 4.55. The van der Waals surface area contributed by atoms with Crippen molar-refractivity contribution in [3.8, 4) is 22.9 Å². The van der Waals surface area contributed by atoms with Crippen LogP contribution in [0.2, 0.25) is 0 Å². The molecule has 5 rings (SSSR count). The fourth-order valence-electron chi connectivity index (χ4n) is 4.55. The first-order valence-electron chi connectivity index (χ1n) is 11.7. The van der Waals surface area contributed by atoms with Crippen LogP contribution in [0.1, 0.15) is 34.1 Å². The van der Waals surface area contributed by atoms with E-state index in [2.05, 4.69) is 9.88 Å². The molecule has 1 saturated heterocycles.